The molecule has 0 aliphatic heterocycles. The van der Waals surface area contributed by atoms with Crippen LogP contribution in [0, 0.1) is 0 Å². The van der Waals surface area contributed by atoms with E-state index in [0.717, 1.165) is 0 Å². The fraction of sp³-hybridized carbons (Fsp3) is 0.176. The molecule has 5 nitrogen and oxygen atoms in total. The summed E-state index contributed by atoms with van der Waals surface area (Å²) in [6, 6.07) is 11.4. The quantitative estimate of drug-likeness (QED) is 0.817. The first kappa shape index (κ1) is 18.1. The van der Waals surface area contributed by atoms with Crippen molar-refractivity contribution in [3.8, 4) is 5.75 Å². The maximum absolute atomic E-state index is 12.0. The number of anilines is 1. The molecule has 7 heteroatoms. The van der Waals surface area contributed by atoms with Crippen LogP contribution in [0.2, 0.25) is 10.0 Å². The van der Waals surface area contributed by atoms with Crippen LogP contribution in [-0.4, -0.2) is 25.5 Å². The van der Waals surface area contributed by atoms with Crippen molar-refractivity contribution in [2.45, 2.75) is 6.42 Å². The monoisotopic (exact) mass is 366 g/mol. The van der Waals surface area contributed by atoms with Gasteiger partial charge in [0.15, 0.2) is 0 Å². The number of benzene rings is 2. The Bertz CT molecular complexity index is 733. The largest absolute Gasteiger partial charge is 0.495 e. The third-order valence-electron chi connectivity index (χ3n) is 3.18. The maximum Gasteiger partial charge on any atom is 0.251 e. The van der Waals surface area contributed by atoms with Gasteiger partial charge in [-0.25, -0.2) is 0 Å². The van der Waals surface area contributed by atoms with Crippen LogP contribution >= 0.6 is 23.2 Å². The molecule has 24 heavy (non-hydrogen) atoms. The van der Waals surface area contributed by atoms with Gasteiger partial charge in [-0.05, 0) is 42.5 Å². The van der Waals surface area contributed by atoms with E-state index in [0.29, 0.717) is 27.0 Å². The number of hydrogen-bond acceptors (Lipinski definition) is 3. The number of halogens is 2. The molecule has 0 saturated carbocycles. The predicted molar refractivity (Wildman–Crippen MR) is 95.0 cm³/mol. The van der Waals surface area contributed by atoms with Gasteiger partial charge in [-0.15, -0.1) is 0 Å². The Morgan fingerprint density at radius 1 is 1.04 bits per heavy atom. The summed E-state index contributed by atoms with van der Waals surface area (Å²) in [6.45, 7) is 0.205. The van der Waals surface area contributed by atoms with Crippen LogP contribution in [0.5, 0.6) is 5.75 Å². The van der Waals surface area contributed by atoms with Crippen molar-refractivity contribution in [2.75, 3.05) is 19.0 Å². The lowest BCUT2D eigenvalue weighted by Crippen LogP contribution is -2.27. The van der Waals surface area contributed by atoms with E-state index in [-0.39, 0.29) is 24.8 Å². The van der Waals surface area contributed by atoms with Crippen molar-refractivity contribution in [3.63, 3.8) is 0 Å². The van der Waals surface area contributed by atoms with Crippen molar-refractivity contribution in [1.82, 2.24) is 5.32 Å². The summed E-state index contributed by atoms with van der Waals surface area (Å²) in [5.41, 5.74) is 0.968. The Balaban J connectivity index is 1.84. The first-order valence-corrected chi connectivity index (χ1v) is 7.92. The second-order valence-electron chi connectivity index (χ2n) is 4.91. The highest BCUT2D eigenvalue weighted by Gasteiger charge is 2.10. The third kappa shape index (κ3) is 5.15. The molecule has 2 N–H and O–H groups in total. The fourth-order valence-electron chi connectivity index (χ4n) is 1.98. The standard InChI is InChI=1S/C17H16Cl2N2O3/c1-24-15-7-6-13(19)10-14(15)21-16(22)8-9-20-17(23)11-2-4-12(18)5-3-11/h2-7,10H,8-9H2,1H3,(H,20,23)(H,21,22). The second kappa shape index (κ2) is 8.57. The Labute approximate surface area is 149 Å². The number of nitrogens with one attached hydrogen (secondary N) is 2. The number of hydrogen-bond donors (Lipinski definition) is 2. The molecule has 0 radical (unpaired) electrons. The molecule has 2 rings (SSSR count). The van der Waals surface area contributed by atoms with E-state index in [1.54, 1.807) is 42.5 Å². The molecule has 0 aromatic heterocycles. The van der Waals surface area contributed by atoms with Gasteiger partial charge in [-0.1, -0.05) is 23.2 Å². The van der Waals surface area contributed by atoms with E-state index in [2.05, 4.69) is 10.6 Å². The molecule has 2 aromatic carbocycles. The number of carbonyl (C=O) groups is 2. The lowest BCUT2D eigenvalue weighted by Gasteiger charge is -2.11. The molecular weight excluding hydrogens is 351 g/mol. The summed E-state index contributed by atoms with van der Waals surface area (Å²) in [5.74, 6) is -0.00951. The van der Waals surface area contributed by atoms with E-state index in [4.69, 9.17) is 27.9 Å². The van der Waals surface area contributed by atoms with Crippen molar-refractivity contribution < 1.29 is 14.3 Å². The Morgan fingerprint density at radius 3 is 2.38 bits per heavy atom. The Kier molecular flexibility index (Phi) is 6.46. The van der Waals surface area contributed by atoms with Crippen molar-refractivity contribution >= 4 is 40.7 Å². The molecule has 0 unspecified atom stereocenters. The number of carbonyl (C=O) groups excluding carboxylic acids is 2. The van der Waals surface area contributed by atoms with Crippen LogP contribution in [0.3, 0.4) is 0 Å². The van der Waals surface area contributed by atoms with E-state index < -0.39 is 0 Å². The highest BCUT2D eigenvalue weighted by molar-refractivity contribution is 6.31. The van der Waals surface area contributed by atoms with Gasteiger partial charge in [-0.2, -0.15) is 0 Å². The average Bonchev–Trinajstić information content (AvgIpc) is 2.55. The van der Waals surface area contributed by atoms with Crippen LogP contribution in [0.25, 0.3) is 0 Å². The zero-order valence-corrected chi connectivity index (χ0v) is 14.4. The highest BCUT2D eigenvalue weighted by Crippen LogP contribution is 2.27. The van der Waals surface area contributed by atoms with Crippen LogP contribution in [0.15, 0.2) is 42.5 Å². The molecule has 0 heterocycles. The summed E-state index contributed by atoms with van der Waals surface area (Å²) in [4.78, 5) is 23.9. The Hall–Kier alpha value is -2.24. The van der Waals surface area contributed by atoms with E-state index in [1.165, 1.54) is 7.11 Å². The summed E-state index contributed by atoms with van der Waals surface area (Å²) in [5, 5.41) is 6.43. The van der Waals surface area contributed by atoms with Gasteiger partial charge in [0, 0.05) is 28.6 Å². The third-order valence-corrected chi connectivity index (χ3v) is 3.67. The van der Waals surface area contributed by atoms with Gasteiger partial charge in [-0.3, -0.25) is 9.59 Å². The summed E-state index contributed by atoms with van der Waals surface area (Å²) in [7, 11) is 1.51. The SMILES string of the molecule is COc1ccc(Cl)cc1NC(=O)CCNC(=O)c1ccc(Cl)cc1. The average molecular weight is 367 g/mol. The zero-order chi connectivity index (χ0) is 17.5. The topological polar surface area (TPSA) is 67.4 Å². The predicted octanol–water partition coefficient (Wildman–Crippen LogP) is 3.76. The lowest BCUT2D eigenvalue weighted by molar-refractivity contribution is -0.116. The lowest BCUT2D eigenvalue weighted by atomic mass is 10.2. The van der Waals surface area contributed by atoms with Gasteiger partial charge in [0.05, 0.1) is 12.8 Å². The van der Waals surface area contributed by atoms with Gasteiger partial charge in [0.1, 0.15) is 5.75 Å². The number of amides is 2. The number of methoxy groups -OCH3 is 1. The van der Waals surface area contributed by atoms with Gasteiger partial charge >= 0.3 is 0 Å². The summed E-state index contributed by atoms with van der Waals surface area (Å²) < 4.78 is 5.16. The second-order valence-corrected chi connectivity index (χ2v) is 5.78. The molecule has 0 bridgehead atoms. The molecule has 0 fully saturated rings. The van der Waals surface area contributed by atoms with Gasteiger partial charge in [0.2, 0.25) is 5.91 Å². The molecular formula is C17H16Cl2N2O3. The van der Waals surface area contributed by atoms with Crippen LogP contribution in [0.1, 0.15) is 16.8 Å². The smallest absolute Gasteiger partial charge is 0.251 e. The molecule has 126 valence electrons. The molecule has 2 aromatic rings. The normalized spacial score (nSPS) is 10.1. The summed E-state index contributed by atoms with van der Waals surface area (Å²) >= 11 is 11.7. The minimum atomic E-state index is -0.264. The highest BCUT2D eigenvalue weighted by atomic mass is 35.5. The molecule has 0 aliphatic rings. The molecule has 0 saturated heterocycles. The first-order valence-electron chi connectivity index (χ1n) is 7.17. The van der Waals surface area contributed by atoms with Crippen LogP contribution in [-0.2, 0) is 4.79 Å². The molecule has 0 spiro atoms. The summed E-state index contributed by atoms with van der Waals surface area (Å²) in [6.07, 6.45) is 0.120. The number of ether oxygens (including phenoxy) is 1. The molecule has 0 atom stereocenters. The maximum atomic E-state index is 12.0. The minimum Gasteiger partial charge on any atom is -0.495 e. The van der Waals surface area contributed by atoms with E-state index in [1.807, 2.05) is 0 Å². The van der Waals surface area contributed by atoms with Crippen molar-refractivity contribution in [2.24, 2.45) is 0 Å². The first-order chi connectivity index (χ1) is 11.5. The van der Waals surface area contributed by atoms with Crippen molar-refractivity contribution in [1.29, 1.82) is 0 Å². The zero-order valence-electron chi connectivity index (χ0n) is 12.9. The van der Waals surface area contributed by atoms with Gasteiger partial charge < -0.3 is 15.4 Å². The van der Waals surface area contributed by atoms with E-state index in [9.17, 15) is 9.59 Å². The van der Waals surface area contributed by atoms with Crippen LogP contribution < -0.4 is 15.4 Å². The molecule has 2 amide bonds. The van der Waals surface area contributed by atoms with E-state index >= 15 is 0 Å². The Morgan fingerprint density at radius 2 is 1.71 bits per heavy atom. The van der Waals surface area contributed by atoms with Crippen molar-refractivity contribution in [3.05, 3.63) is 58.1 Å². The number of rotatable bonds is 6. The van der Waals surface area contributed by atoms with Crippen LogP contribution in [0.4, 0.5) is 5.69 Å². The minimum absolute atomic E-state index is 0.120. The molecule has 0 aliphatic carbocycles. The fourth-order valence-corrected chi connectivity index (χ4v) is 2.28. The van der Waals surface area contributed by atoms with Gasteiger partial charge in [0.25, 0.3) is 5.91 Å².